The molecule has 1 aliphatic carbocycles. The molecule has 5 nitrogen and oxygen atoms in total. The maximum absolute atomic E-state index is 7.13. The molecule has 10 aromatic rings. The van der Waals surface area contributed by atoms with Gasteiger partial charge in [-0.15, -0.1) is 0 Å². The molecule has 1 unspecified atom stereocenters. The summed E-state index contributed by atoms with van der Waals surface area (Å²) >= 11 is 0. The van der Waals surface area contributed by atoms with Gasteiger partial charge in [-0.05, 0) is 98.2 Å². The highest BCUT2D eigenvalue weighted by atomic mass is 16.3. The summed E-state index contributed by atoms with van der Waals surface area (Å²) in [6.07, 6.45) is -0.353. The molecule has 2 aliphatic rings. The van der Waals surface area contributed by atoms with E-state index in [1.807, 2.05) is 24.3 Å². The zero-order chi connectivity index (χ0) is 42.1. The van der Waals surface area contributed by atoms with E-state index in [2.05, 4.69) is 206 Å². The number of nitrogens with zero attached hydrogens (tertiary/aromatic N) is 3. The van der Waals surface area contributed by atoms with Crippen molar-refractivity contribution in [3.05, 3.63) is 234 Å². The Morgan fingerprint density at radius 1 is 0.524 bits per heavy atom. The SMILES string of the molecule is CC1(C)c2ccccc2-c2ccc(N(c3ccc(-c4ccccc4)cc3)c3ccc(C4=NC(c5ccccc5)=NC(c5ccccc5)N4)c4oc5cc6ccccc6cc5c34)cc21. The lowest BCUT2D eigenvalue weighted by Gasteiger charge is -2.29. The number of furan rings is 1. The van der Waals surface area contributed by atoms with Gasteiger partial charge in [-0.1, -0.05) is 172 Å². The molecule has 1 aromatic heterocycles. The molecule has 0 amide bonds. The van der Waals surface area contributed by atoms with E-state index in [1.165, 1.54) is 27.8 Å². The largest absolute Gasteiger partial charge is 0.455 e. The van der Waals surface area contributed by atoms with Crippen molar-refractivity contribution >= 4 is 61.4 Å². The Bertz CT molecular complexity index is 3440. The van der Waals surface area contributed by atoms with E-state index >= 15 is 0 Å². The lowest BCUT2D eigenvalue weighted by molar-refractivity contribution is 0.659. The van der Waals surface area contributed by atoms with Gasteiger partial charge in [-0.3, -0.25) is 0 Å². The third-order valence-corrected chi connectivity index (χ3v) is 12.9. The van der Waals surface area contributed by atoms with Crippen LogP contribution in [0.5, 0.6) is 0 Å². The summed E-state index contributed by atoms with van der Waals surface area (Å²) in [6.45, 7) is 4.69. The molecule has 5 heteroatoms. The van der Waals surface area contributed by atoms with Gasteiger partial charge in [-0.25, -0.2) is 9.98 Å². The van der Waals surface area contributed by atoms with Gasteiger partial charge in [0.2, 0.25) is 0 Å². The zero-order valence-corrected chi connectivity index (χ0v) is 35.0. The minimum absolute atomic E-state index is 0.177. The first kappa shape index (κ1) is 36.8. The highest BCUT2D eigenvalue weighted by Gasteiger charge is 2.36. The smallest absolute Gasteiger partial charge is 0.159 e. The fourth-order valence-corrected chi connectivity index (χ4v) is 9.72. The van der Waals surface area contributed by atoms with E-state index in [0.717, 1.165) is 72.0 Å². The molecule has 0 spiro atoms. The van der Waals surface area contributed by atoms with Crippen LogP contribution >= 0.6 is 0 Å². The third kappa shape index (κ3) is 6.15. The number of anilines is 3. The van der Waals surface area contributed by atoms with Gasteiger partial charge < -0.3 is 14.6 Å². The predicted octanol–water partition coefficient (Wildman–Crippen LogP) is 14.7. The van der Waals surface area contributed by atoms with Crippen molar-refractivity contribution in [1.29, 1.82) is 0 Å². The lowest BCUT2D eigenvalue weighted by Crippen LogP contribution is -2.33. The molecule has 1 N–H and O–H groups in total. The molecular weight excluding hydrogens is 769 g/mol. The van der Waals surface area contributed by atoms with E-state index in [4.69, 9.17) is 14.4 Å². The Morgan fingerprint density at radius 3 is 1.89 bits per heavy atom. The first-order valence-corrected chi connectivity index (χ1v) is 21.6. The fourth-order valence-electron chi connectivity index (χ4n) is 9.72. The van der Waals surface area contributed by atoms with Crippen LogP contribution < -0.4 is 10.2 Å². The van der Waals surface area contributed by atoms with E-state index in [9.17, 15) is 0 Å². The van der Waals surface area contributed by atoms with Crippen molar-refractivity contribution in [2.24, 2.45) is 9.98 Å². The quantitative estimate of drug-likeness (QED) is 0.174. The topological polar surface area (TPSA) is 53.1 Å². The molecule has 0 saturated carbocycles. The summed E-state index contributed by atoms with van der Waals surface area (Å²) < 4.78 is 7.13. The molecule has 63 heavy (non-hydrogen) atoms. The standard InChI is InChI=1S/C58H42N4O/c1-58(2)49-25-15-14-24-45(49)46-31-30-44(36-50(46)58)62(43-28-26-38(27-29-43)37-16-6-3-7-17-37)51-33-32-47(54-53(51)48-34-41-22-12-13-23-42(41)35-52(48)63-54)57-60-55(39-18-8-4-9-19-39)59-56(61-57)40-20-10-5-11-21-40/h3-36,55H,1-2H3,(H,59,60,61). The Labute approximate surface area is 366 Å². The predicted molar refractivity (Wildman–Crippen MR) is 261 cm³/mol. The summed E-state index contributed by atoms with van der Waals surface area (Å²) in [6, 6.07) is 73.3. The number of hydrogen-bond acceptors (Lipinski definition) is 5. The summed E-state index contributed by atoms with van der Waals surface area (Å²) in [4.78, 5) is 12.8. The van der Waals surface area contributed by atoms with Crippen LogP contribution in [0.4, 0.5) is 17.1 Å². The zero-order valence-electron chi connectivity index (χ0n) is 35.0. The summed E-state index contributed by atoms with van der Waals surface area (Å²) in [5.74, 6) is 1.37. The number of nitrogens with one attached hydrogen (secondary N) is 1. The summed E-state index contributed by atoms with van der Waals surface area (Å²) in [7, 11) is 0. The number of fused-ring (bicyclic) bond motifs is 7. The number of aliphatic imine (C=N–C) groups is 2. The number of benzene rings is 9. The van der Waals surface area contributed by atoms with E-state index in [0.29, 0.717) is 11.7 Å². The van der Waals surface area contributed by atoms with Gasteiger partial charge in [0.15, 0.2) is 5.84 Å². The first-order chi connectivity index (χ1) is 31.0. The van der Waals surface area contributed by atoms with Crippen LogP contribution in [0.15, 0.2) is 221 Å². The minimum Gasteiger partial charge on any atom is -0.455 e. The van der Waals surface area contributed by atoms with Gasteiger partial charge >= 0.3 is 0 Å². The lowest BCUT2D eigenvalue weighted by atomic mass is 9.82. The van der Waals surface area contributed by atoms with Crippen LogP contribution in [0.25, 0.3) is 55.0 Å². The molecule has 0 fully saturated rings. The Balaban J connectivity index is 1.11. The van der Waals surface area contributed by atoms with Crippen LogP contribution in [0.1, 0.15) is 47.8 Å². The van der Waals surface area contributed by atoms with Gasteiger partial charge in [-0.2, -0.15) is 0 Å². The minimum atomic E-state index is -0.353. The van der Waals surface area contributed by atoms with E-state index < -0.39 is 0 Å². The van der Waals surface area contributed by atoms with Gasteiger partial charge in [0.05, 0.1) is 16.6 Å². The maximum Gasteiger partial charge on any atom is 0.159 e. The van der Waals surface area contributed by atoms with Crippen molar-refractivity contribution < 1.29 is 4.42 Å². The molecule has 12 rings (SSSR count). The Kier molecular flexibility index (Phi) is 8.51. The molecule has 0 radical (unpaired) electrons. The van der Waals surface area contributed by atoms with Crippen molar-refractivity contribution in [2.75, 3.05) is 4.90 Å². The second kappa shape index (κ2) is 14.6. The highest BCUT2D eigenvalue weighted by molar-refractivity contribution is 6.23. The molecule has 9 aromatic carbocycles. The Morgan fingerprint density at radius 2 is 1.13 bits per heavy atom. The van der Waals surface area contributed by atoms with Gasteiger partial charge in [0.1, 0.15) is 23.2 Å². The summed E-state index contributed by atoms with van der Waals surface area (Å²) in [5.41, 5.74) is 15.0. The van der Waals surface area contributed by atoms with Crippen LogP contribution in [0, 0.1) is 0 Å². The normalized spacial score (nSPS) is 15.1. The molecule has 1 aliphatic heterocycles. The molecule has 300 valence electrons. The third-order valence-electron chi connectivity index (χ3n) is 12.9. The average Bonchev–Trinajstić information content (AvgIpc) is 3.83. The van der Waals surface area contributed by atoms with Crippen LogP contribution in [0.2, 0.25) is 0 Å². The fraction of sp³-hybridized carbons (Fsp3) is 0.0690. The van der Waals surface area contributed by atoms with Crippen LogP contribution in [-0.2, 0) is 5.41 Å². The maximum atomic E-state index is 7.13. The molecular formula is C58H42N4O. The first-order valence-electron chi connectivity index (χ1n) is 21.6. The number of hydrogen-bond donors (Lipinski definition) is 1. The summed E-state index contributed by atoms with van der Waals surface area (Å²) in [5, 5.41) is 8.04. The average molecular weight is 811 g/mol. The number of amidine groups is 2. The van der Waals surface area contributed by atoms with E-state index in [1.54, 1.807) is 0 Å². The monoisotopic (exact) mass is 810 g/mol. The molecule has 0 bridgehead atoms. The van der Waals surface area contributed by atoms with Crippen molar-refractivity contribution in [3.8, 4) is 22.3 Å². The highest BCUT2D eigenvalue weighted by Crippen LogP contribution is 2.52. The van der Waals surface area contributed by atoms with Crippen LogP contribution in [0.3, 0.4) is 0 Å². The second-order valence-corrected chi connectivity index (χ2v) is 17.0. The van der Waals surface area contributed by atoms with Crippen LogP contribution in [-0.4, -0.2) is 11.7 Å². The van der Waals surface area contributed by atoms with Crippen molar-refractivity contribution in [3.63, 3.8) is 0 Å². The second-order valence-electron chi connectivity index (χ2n) is 17.0. The van der Waals surface area contributed by atoms with Gasteiger partial charge in [0.25, 0.3) is 0 Å². The number of rotatable bonds is 7. The molecule has 2 heterocycles. The molecule has 0 saturated heterocycles. The van der Waals surface area contributed by atoms with Gasteiger partial charge in [0, 0.05) is 27.7 Å². The molecule has 1 atom stereocenters. The van der Waals surface area contributed by atoms with Crippen molar-refractivity contribution in [1.82, 2.24) is 5.32 Å². The Hall–Kier alpha value is -8.02. The van der Waals surface area contributed by atoms with Crippen molar-refractivity contribution in [2.45, 2.75) is 25.4 Å². The van der Waals surface area contributed by atoms with E-state index in [-0.39, 0.29) is 11.6 Å².